The molecule has 4 heteroatoms. The highest BCUT2D eigenvalue weighted by molar-refractivity contribution is 5.83. The Kier molecular flexibility index (Phi) is 2.42. The van der Waals surface area contributed by atoms with E-state index in [1.54, 1.807) is 0 Å². The van der Waals surface area contributed by atoms with Crippen molar-refractivity contribution in [2.24, 2.45) is 5.41 Å². The van der Waals surface area contributed by atoms with Crippen LogP contribution in [0.25, 0.3) is 0 Å². The number of aryl methyl sites for hydroxylation is 1. The van der Waals surface area contributed by atoms with Crippen LogP contribution in [0.1, 0.15) is 54.2 Å². The van der Waals surface area contributed by atoms with Gasteiger partial charge in [0.15, 0.2) is 0 Å². The number of epoxide rings is 1. The smallest absolute Gasteiger partial charge is 0.313 e. The Morgan fingerprint density at radius 2 is 2.17 bits per heavy atom. The van der Waals surface area contributed by atoms with Crippen LogP contribution in [0.4, 0.5) is 0 Å². The topological polar surface area (TPSA) is 59.1 Å². The van der Waals surface area contributed by atoms with E-state index < -0.39 is 11.2 Å². The molecule has 2 bridgehead atoms. The zero-order valence-corrected chi connectivity index (χ0v) is 13.6. The molecule has 0 unspecified atom stereocenters. The number of hydrogen-bond acceptors (Lipinski definition) is 4. The Morgan fingerprint density at radius 3 is 2.87 bits per heavy atom. The molecule has 122 valence electrons. The van der Waals surface area contributed by atoms with Gasteiger partial charge in [-0.15, -0.1) is 0 Å². The quantitative estimate of drug-likeness (QED) is 0.639. The number of fused-ring (bicyclic) bond motifs is 4. The second-order valence-electron chi connectivity index (χ2n) is 8.03. The Bertz CT molecular complexity index is 718. The van der Waals surface area contributed by atoms with Crippen molar-refractivity contribution < 1.29 is 19.4 Å². The molecule has 4 nitrogen and oxygen atoms in total. The Labute approximate surface area is 135 Å². The normalized spacial score (nSPS) is 45.7. The second-order valence-corrected chi connectivity index (χ2v) is 8.03. The van der Waals surface area contributed by atoms with Crippen molar-refractivity contribution in [1.29, 1.82) is 0 Å². The molecule has 1 aromatic carbocycles. The van der Waals surface area contributed by atoms with Gasteiger partial charge in [-0.3, -0.25) is 4.79 Å². The van der Waals surface area contributed by atoms with Crippen LogP contribution >= 0.6 is 0 Å². The number of hydrogen-bond donors (Lipinski definition) is 1. The number of esters is 1. The zero-order valence-electron chi connectivity index (χ0n) is 13.6. The van der Waals surface area contributed by atoms with Crippen molar-refractivity contribution in [3.63, 3.8) is 0 Å². The lowest BCUT2D eigenvalue weighted by Gasteiger charge is -2.41. The molecule has 3 aliphatic carbocycles. The van der Waals surface area contributed by atoms with E-state index in [0.29, 0.717) is 18.9 Å². The average Bonchev–Trinajstić information content (AvgIpc) is 3.20. The van der Waals surface area contributed by atoms with Crippen molar-refractivity contribution in [1.82, 2.24) is 0 Å². The predicted octanol–water partition coefficient (Wildman–Crippen LogP) is 2.42. The predicted molar refractivity (Wildman–Crippen MR) is 83.2 cm³/mol. The van der Waals surface area contributed by atoms with Gasteiger partial charge in [-0.05, 0) is 55.2 Å². The maximum atomic E-state index is 12.8. The number of aliphatic hydroxyl groups is 1. The maximum Gasteiger partial charge on any atom is 0.313 e. The minimum atomic E-state index is -0.772. The first-order valence-corrected chi connectivity index (χ1v) is 8.50. The van der Waals surface area contributed by atoms with Gasteiger partial charge in [0.1, 0.15) is 5.60 Å². The molecule has 3 fully saturated rings. The van der Waals surface area contributed by atoms with Gasteiger partial charge in [-0.2, -0.15) is 0 Å². The molecule has 1 aliphatic heterocycles. The van der Waals surface area contributed by atoms with E-state index in [0.717, 1.165) is 30.4 Å². The van der Waals surface area contributed by atoms with Gasteiger partial charge in [0, 0.05) is 5.41 Å². The summed E-state index contributed by atoms with van der Waals surface area (Å²) in [6.07, 6.45) is 3.11. The SMILES string of the molecule is COC(=O)[C@H]1c2c(C)cccc2[C@H]2CC[C@]3(O)C[C@@]21C[C@]31CO1. The van der Waals surface area contributed by atoms with Gasteiger partial charge >= 0.3 is 5.97 Å². The third-order valence-electron chi connectivity index (χ3n) is 7.15. The molecular weight excluding hydrogens is 292 g/mol. The number of ether oxygens (including phenoxy) is 2. The molecule has 1 saturated heterocycles. The Morgan fingerprint density at radius 1 is 1.39 bits per heavy atom. The summed E-state index contributed by atoms with van der Waals surface area (Å²) in [6, 6.07) is 6.33. The minimum Gasteiger partial charge on any atom is -0.469 e. The second kappa shape index (κ2) is 3.98. The largest absolute Gasteiger partial charge is 0.469 e. The van der Waals surface area contributed by atoms with Crippen molar-refractivity contribution in [2.45, 2.75) is 55.6 Å². The van der Waals surface area contributed by atoms with Crippen LogP contribution < -0.4 is 0 Å². The summed E-state index contributed by atoms with van der Waals surface area (Å²) in [5.74, 6) is -0.112. The van der Waals surface area contributed by atoms with Crippen LogP contribution in [0.3, 0.4) is 0 Å². The van der Waals surface area contributed by atoms with Crippen LogP contribution in [0.5, 0.6) is 0 Å². The molecule has 1 aromatic rings. The van der Waals surface area contributed by atoms with Gasteiger partial charge in [-0.1, -0.05) is 18.2 Å². The maximum absolute atomic E-state index is 12.8. The van der Waals surface area contributed by atoms with Gasteiger partial charge in [0.25, 0.3) is 0 Å². The zero-order chi connectivity index (χ0) is 16.0. The molecule has 0 aromatic heterocycles. The minimum absolute atomic E-state index is 0.162. The number of carbonyl (C=O) groups excluding carboxylic acids is 1. The van der Waals surface area contributed by atoms with E-state index >= 15 is 0 Å². The van der Waals surface area contributed by atoms with E-state index in [2.05, 4.69) is 25.1 Å². The molecule has 2 saturated carbocycles. The molecule has 2 spiro atoms. The van der Waals surface area contributed by atoms with Crippen molar-refractivity contribution in [3.8, 4) is 0 Å². The molecule has 0 radical (unpaired) electrons. The Hall–Kier alpha value is -1.39. The first-order valence-electron chi connectivity index (χ1n) is 8.50. The van der Waals surface area contributed by atoms with E-state index in [1.807, 2.05) is 0 Å². The van der Waals surface area contributed by atoms with Crippen molar-refractivity contribution in [3.05, 3.63) is 34.9 Å². The summed E-state index contributed by atoms with van der Waals surface area (Å²) < 4.78 is 11.0. The summed E-state index contributed by atoms with van der Waals surface area (Å²) >= 11 is 0. The highest BCUT2D eigenvalue weighted by Gasteiger charge is 2.77. The van der Waals surface area contributed by atoms with Crippen LogP contribution in [-0.4, -0.2) is 36.0 Å². The number of rotatable bonds is 1. The first-order chi connectivity index (χ1) is 11.0. The summed E-state index contributed by atoms with van der Waals surface area (Å²) in [4.78, 5) is 12.8. The Balaban J connectivity index is 1.74. The number of methoxy groups -OCH3 is 1. The average molecular weight is 314 g/mol. The monoisotopic (exact) mass is 314 g/mol. The van der Waals surface area contributed by atoms with Crippen LogP contribution in [0.2, 0.25) is 0 Å². The van der Waals surface area contributed by atoms with E-state index in [9.17, 15) is 9.90 Å². The van der Waals surface area contributed by atoms with Crippen LogP contribution in [-0.2, 0) is 14.3 Å². The summed E-state index contributed by atoms with van der Waals surface area (Å²) in [5, 5.41) is 11.2. The third kappa shape index (κ3) is 1.43. The van der Waals surface area contributed by atoms with Gasteiger partial charge in [0.2, 0.25) is 0 Å². The van der Waals surface area contributed by atoms with Gasteiger partial charge in [0.05, 0.1) is 25.2 Å². The molecule has 0 amide bonds. The highest BCUT2D eigenvalue weighted by atomic mass is 16.6. The molecule has 1 heterocycles. The van der Waals surface area contributed by atoms with Crippen molar-refractivity contribution in [2.75, 3.05) is 13.7 Å². The molecule has 23 heavy (non-hydrogen) atoms. The molecule has 5 atom stereocenters. The molecule has 5 rings (SSSR count). The lowest BCUT2D eigenvalue weighted by molar-refractivity contribution is -0.147. The molecule has 1 N–H and O–H groups in total. The van der Waals surface area contributed by atoms with Crippen molar-refractivity contribution >= 4 is 5.97 Å². The van der Waals surface area contributed by atoms with E-state index in [1.165, 1.54) is 12.7 Å². The lowest BCUT2D eigenvalue weighted by atomic mass is 9.63. The van der Waals surface area contributed by atoms with E-state index in [-0.39, 0.29) is 17.3 Å². The molecule has 4 aliphatic rings. The summed E-state index contributed by atoms with van der Waals surface area (Å²) in [6.45, 7) is 2.70. The standard InChI is InChI=1S/C19H22O4/c1-11-4-3-5-12-13-6-7-18(21)8-17(13,9-19(18)10-23-19)15(14(11)12)16(20)22-2/h3-5,13,15,21H,6-10H2,1-2H3/t13-,15-,17-,18+,19+/m1/s1. The van der Waals surface area contributed by atoms with E-state index in [4.69, 9.17) is 9.47 Å². The fraction of sp³-hybridized carbons (Fsp3) is 0.632. The number of benzene rings is 1. The van der Waals surface area contributed by atoms with Gasteiger partial charge < -0.3 is 14.6 Å². The first kappa shape index (κ1) is 14.0. The number of carbonyl (C=O) groups is 1. The lowest BCUT2D eigenvalue weighted by Crippen LogP contribution is -2.43. The fourth-order valence-electron chi connectivity index (χ4n) is 6.19. The summed E-state index contributed by atoms with van der Waals surface area (Å²) in [5.41, 5.74) is 2.16. The van der Waals surface area contributed by atoms with Crippen LogP contribution in [0, 0.1) is 12.3 Å². The van der Waals surface area contributed by atoms with Crippen LogP contribution in [0.15, 0.2) is 18.2 Å². The highest BCUT2D eigenvalue weighted by Crippen LogP contribution is 2.75. The third-order valence-corrected chi connectivity index (χ3v) is 7.15. The summed E-state index contributed by atoms with van der Waals surface area (Å²) in [7, 11) is 1.47. The molecular formula is C19H22O4. The van der Waals surface area contributed by atoms with Gasteiger partial charge in [-0.25, -0.2) is 0 Å². The fourth-order valence-corrected chi connectivity index (χ4v) is 6.19.